The van der Waals surface area contributed by atoms with Crippen LogP contribution >= 0.6 is 11.3 Å². The average molecular weight is 255 g/mol. The van der Waals surface area contributed by atoms with E-state index in [2.05, 4.69) is 22.4 Å². The Kier molecular flexibility index (Phi) is 4.74. The third-order valence-electron chi connectivity index (χ3n) is 3.30. The summed E-state index contributed by atoms with van der Waals surface area (Å²) < 4.78 is 5.75. The lowest BCUT2D eigenvalue weighted by molar-refractivity contribution is 0.0654. The van der Waals surface area contributed by atoms with E-state index in [4.69, 9.17) is 4.74 Å². The summed E-state index contributed by atoms with van der Waals surface area (Å²) in [7, 11) is 1.86. The Bertz CT molecular complexity index is 342. The Morgan fingerprint density at radius 2 is 2.29 bits per heavy atom. The van der Waals surface area contributed by atoms with Crippen molar-refractivity contribution in [1.29, 1.82) is 0 Å². The van der Waals surface area contributed by atoms with Gasteiger partial charge in [0.15, 0.2) is 0 Å². The maximum absolute atomic E-state index is 5.75. The second-order valence-electron chi connectivity index (χ2n) is 4.90. The molecule has 2 unspecified atom stereocenters. The zero-order valence-corrected chi connectivity index (χ0v) is 11.4. The van der Waals surface area contributed by atoms with Crippen LogP contribution in [0.5, 0.6) is 0 Å². The molecule has 1 fully saturated rings. The first kappa shape index (κ1) is 12.8. The highest BCUT2D eigenvalue weighted by Crippen LogP contribution is 2.28. The summed E-state index contributed by atoms with van der Waals surface area (Å²) in [5, 5.41) is 12.9. The number of nitrogens with zero attached hydrogens (tertiary/aromatic N) is 2. The summed E-state index contributed by atoms with van der Waals surface area (Å²) >= 11 is 1.56. The molecule has 1 aliphatic carbocycles. The molecule has 0 radical (unpaired) electrons. The number of hydrogen-bond donors (Lipinski definition) is 1. The minimum absolute atomic E-state index is 0.601. The highest BCUT2D eigenvalue weighted by Gasteiger charge is 2.18. The van der Waals surface area contributed by atoms with Crippen molar-refractivity contribution in [3.63, 3.8) is 0 Å². The fourth-order valence-electron chi connectivity index (χ4n) is 2.44. The lowest BCUT2D eigenvalue weighted by Crippen LogP contribution is -2.18. The number of hydrogen-bond acceptors (Lipinski definition) is 5. The smallest absolute Gasteiger partial charge is 0.205 e. The van der Waals surface area contributed by atoms with Crippen molar-refractivity contribution in [3.8, 4) is 0 Å². The van der Waals surface area contributed by atoms with Gasteiger partial charge in [0, 0.05) is 13.7 Å². The van der Waals surface area contributed by atoms with Crippen LogP contribution < -0.4 is 5.32 Å². The van der Waals surface area contributed by atoms with Crippen LogP contribution in [-0.2, 0) is 11.3 Å². The minimum Gasteiger partial charge on any atom is -0.374 e. The third kappa shape index (κ3) is 3.92. The van der Waals surface area contributed by atoms with Gasteiger partial charge in [-0.3, -0.25) is 0 Å². The molecule has 0 saturated heterocycles. The quantitative estimate of drug-likeness (QED) is 0.878. The van der Waals surface area contributed by atoms with Crippen LogP contribution in [-0.4, -0.2) is 23.9 Å². The SMILES string of the molecule is CNc1nnc(COCC2CCCC(C)C2)s1. The van der Waals surface area contributed by atoms with E-state index < -0.39 is 0 Å². The number of aromatic nitrogens is 2. The molecule has 1 heterocycles. The second-order valence-corrected chi connectivity index (χ2v) is 5.97. The summed E-state index contributed by atoms with van der Waals surface area (Å²) in [4.78, 5) is 0. The standard InChI is InChI=1S/C12H21N3OS/c1-9-4-3-5-10(6-9)7-16-8-11-14-15-12(13-2)17-11/h9-10H,3-8H2,1-2H3,(H,13,15). The van der Waals surface area contributed by atoms with Gasteiger partial charge in [0.25, 0.3) is 0 Å². The molecule has 96 valence electrons. The molecule has 0 aliphatic heterocycles. The van der Waals surface area contributed by atoms with E-state index in [9.17, 15) is 0 Å². The van der Waals surface area contributed by atoms with Crippen molar-refractivity contribution >= 4 is 16.5 Å². The van der Waals surface area contributed by atoms with Crippen LogP contribution in [0.1, 0.15) is 37.6 Å². The fraction of sp³-hybridized carbons (Fsp3) is 0.833. The predicted octanol–water partition coefficient (Wildman–Crippen LogP) is 2.92. The van der Waals surface area contributed by atoms with Crippen molar-refractivity contribution < 1.29 is 4.74 Å². The lowest BCUT2D eigenvalue weighted by atomic mass is 9.83. The first-order valence-electron chi connectivity index (χ1n) is 6.35. The maximum Gasteiger partial charge on any atom is 0.205 e. The second kappa shape index (κ2) is 6.31. The minimum atomic E-state index is 0.601. The highest BCUT2D eigenvalue weighted by molar-refractivity contribution is 7.15. The van der Waals surface area contributed by atoms with E-state index in [-0.39, 0.29) is 0 Å². The Balaban J connectivity index is 1.68. The van der Waals surface area contributed by atoms with Gasteiger partial charge in [-0.2, -0.15) is 0 Å². The monoisotopic (exact) mass is 255 g/mol. The number of rotatable bonds is 5. The van der Waals surface area contributed by atoms with E-state index in [0.717, 1.165) is 28.6 Å². The van der Waals surface area contributed by atoms with Gasteiger partial charge in [0.2, 0.25) is 5.13 Å². The first-order chi connectivity index (χ1) is 8.28. The van der Waals surface area contributed by atoms with Gasteiger partial charge in [-0.25, -0.2) is 0 Å². The van der Waals surface area contributed by atoms with E-state index in [1.807, 2.05) is 7.05 Å². The molecular weight excluding hydrogens is 234 g/mol. The molecule has 0 bridgehead atoms. The number of ether oxygens (including phenoxy) is 1. The van der Waals surface area contributed by atoms with Gasteiger partial charge in [-0.05, 0) is 24.7 Å². The summed E-state index contributed by atoms with van der Waals surface area (Å²) in [5.41, 5.74) is 0. The highest BCUT2D eigenvalue weighted by atomic mass is 32.1. The molecule has 1 aliphatic rings. The molecule has 1 saturated carbocycles. The van der Waals surface area contributed by atoms with E-state index in [1.165, 1.54) is 25.7 Å². The van der Waals surface area contributed by atoms with Crippen LogP contribution in [0.15, 0.2) is 0 Å². The predicted molar refractivity (Wildman–Crippen MR) is 70.2 cm³/mol. The molecule has 2 rings (SSSR count). The van der Waals surface area contributed by atoms with Crippen LogP contribution in [0.4, 0.5) is 5.13 Å². The van der Waals surface area contributed by atoms with Crippen LogP contribution in [0, 0.1) is 11.8 Å². The Morgan fingerprint density at radius 1 is 1.41 bits per heavy atom. The molecule has 1 aromatic rings. The maximum atomic E-state index is 5.75. The van der Waals surface area contributed by atoms with Crippen molar-refractivity contribution in [2.45, 2.75) is 39.2 Å². The average Bonchev–Trinajstić information content (AvgIpc) is 2.77. The van der Waals surface area contributed by atoms with Crippen molar-refractivity contribution in [2.75, 3.05) is 19.0 Å². The third-order valence-corrected chi connectivity index (χ3v) is 4.22. The Hall–Kier alpha value is -0.680. The summed E-state index contributed by atoms with van der Waals surface area (Å²) in [5.74, 6) is 1.62. The van der Waals surface area contributed by atoms with Crippen molar-refractivity contribution in [2.24, 2.45) is 11.8 Å². The van der Waals surface area contributed by atoms with Gasteiger partial charge >= 0.3 is 0 Å². The van der Waals surface area contributed by atoms with Gasteiger partial charge in [-0.1, -0.05) is 31.1 Å². The molecule has 1 aromatic heterocycles. The molecule has 0 aromatic carbocycles. The van der Waals surface area contributed by atoms with E-state index in [0.29, 0.717) is 6.61 Å². The Labute approximate surface area is 107 Å². The topological polar surface area (TPSA) is 47.0 Å². The molecule has 5 heteroatoms. The molecule has 0 amide bonds. The molecule has 4 nitrogen and oxygen atoms in total. The van der Waals surface area contributed by atoms with E-state index >= 15 is 0 Å². The van der Waals surface area contributed by atoms with E-state index in [1.54, 1.807) is 11.3 Å². The Morgan fingerprint density at radius 3 is 3.00 bits per heavy atom. The normalized spacial score (nSPS) is 24.8. The van der Waals surface area contributed by atoms with Gasteiger partial charge in [-0.15, -0.1) is 10.2 Å². The summed E-state index contributed by atoms with van der Waals surface area (Å²) in [6.07, 6.45) is 5.39. The molecule has 1 N–H and O–H groups in total. The van der Waals surface area contributed by atoms with Crippen LogP contribution in [0.2, 0.25) is 0 Å². The van der Waals surface area contributed by atoms with Gasteiger partial charge in [0.05, 0.1) is 0 Å². The number of anilines is 1. The molecular formula is C12H21N3OS. The van der Waals surface area contributed by atoms with Crippen molar-refractivity contribution in [1.82, 2.24) is 10.2 Å². The largest absolute Gasteiger partial charge is 0.374 e. The molecule has 17 heavy (non-hydrogen) atoms. The fourth-order valence-corrected chi connectivity index (χ4v) is 3.07. The summed E-state index contributed by atoms with van der Waals surface area (Å²) in [6, 6.07) is 0. The molecule has 0 spiro atoms. The first-order valence-corrected chi connectivity index (χ1v) is 7.17. The lowest BCUT2D eigenvalue weighted by Gasteiger charge is -2.26. The van der Waals surface area contributed by atoms with Gasteiger partial charge in [0.1, 0.15) is 11.6 Å². The van der Waals surface area contributed by atoms with Crippen LogP contribution in [0.25, 0.3) is 0 Å². The zero-order chi connectivity index (χ0) is 12.1. The molecule has 2 atom stereocenters. The van der Waals surface area contributed by atoms with Gasteiger partial charge < -0.3 is 10.1 Å². The van der Waals surface area contributed by atoms with Crippen LogP contribution in [0.3, 0.4) is 0 Å². The summed E-state index contributed by atoms with van der Waals surface area (Å²) in [6.45, 7) is 3.82. The zero-order valence-electron chi connectivity index (χ0n) is 10.6. The van der Waals surface area contributed by atoms with Crippen molar-refractivity contribution in [3.05, 3.63) is 5.01 Å². The number of nitrogens with one attached hydrogen (secondary N) is 1.